The van der Waals surface area contributed by atoms with E-state index in [0.717, 1.165) is 0 Å². The van der Waals surface area contributed by atoms with Gasteiger partial charge in [0.05, 0.1) is 5.52 Å². The first-order valence-electron chi connectivity index (χ1n) is 8.45. The molecule has 1 atom stereocenters. The predicted octanol–water partition coefficient (Wildman–Crippen LogP) is 0.727. The van der Waals surface area contributed by atoms with Crippen LogP contribution in [0.2, 0.25) is 0 Å². The van der Waals surface area contributed by atoms with Crippen molar-refractivity contribution < 1.29 is 19.1 Å². The topological polar surface area (TPSA) is 114 Å². The lowest BCUT2D eigenvalue weighted by molar-refractivity contribution is -0.136. The zero-order chi connectivity index (χ0) is 20.8. The molecule has 2 aromatic heterocycles. The smallest absolute Gasteiger partial charge is 0.275 e. The number of benzene rings is 1. The molecule has 1 aliphatic heterocycles. The van der Waals surface area contributed by atoms with Crippen molar-refractivity contribution >= 4 is 22.7 Å². The molecule has 3 N–H and O–H groups in total. The molecule has 3 aromatic rings. The SMILES string of the molecule is CN1C=C[C@@](O)(C#Cc2ccnc(-n3nc(C(N)=O)c4cc(F)ccc43)c2)C1=O. The maximum Gasteiger partial charge on any atom is 0.275 e. The minimum Gasteiger partial charge on any atom is -0.366 e. The standard InChI is InChI=1S/C20H14FN5O3/c1-25-9-7-20(29,19(25)28)6-4-12-5-8-23-16(10-12)26-15-3-2-13(21)11-14(15)17(24-26)18(22)27/h2-3,5,7-11,29H,1H3,(H2,22,27)/t20-/m0/s1. The van der Waals surface area contributed by atoms with Crippen molar-refractivity contribution in [3.05, 3.63) is 65.9 Å². The van der Waals surface area contributed by atoms with E-state index in [-0.39, 0.29) is 11.1 Å². The lowest BCUT2D eigenvalue weighted by Gasteiger charge is -2.13. The second-order valence-corrected chi connectivity index (χ2v) is 6.44. The molecule has 29 heavy (non-hydrogen) atoms. The van der Waals surface area contributed by atoms with Crippen LogP contribution in [0.3, 0.4) is 0 Å². The second kappa shape index (κ2) is 6.54. The average Bonchev–Trinajstić information content (AvgIpc) is 3.20. The van der Waals surface area contributed by atoms with Crippen molar-refractivity contribution in [2.45, 2.75) is 5.60 Å². The Morgan fingerprint density at radius 1 is 1.31 bits per heavy atom. The number of aliphatic hydroxyl groups is 1. The molecule has 144 valence electrons. The molecule has 0 bridgehead atoms. The Morgan fingerprint density at radius 2 is 2.10 bits per heavy atom. The Labute approximate surface area is 164 Å². The molecular formula is C20H14FN5O3. The summed E-state index contributed by atoms with van der Waals surface area (Å²) >= 11 is 0. The summed E-state index contributed by atoms with van der Waals surface area (Å²) in [7, 11) is 1.52. The quantitative estimate of drug-likeness (QED) is 0.625. The van der Waals surface area contributed by atoms with Crippen LogP contribution < -0.4 is 5.73 Å². The molecule has 0 saturated heterocycles. The Kier molecular flexibility index (Phi) is 4.14. The molecule has 2 amide bonds. The third-order valence-electron chi connectivity index (χ3n) is 4.42. The molecule has 0 unspecified atom stereocenters. The number of rotatable bonds is 2. The van der Waals surface area contributed by atoms with E-state index >= 15 is 0 Å². The van der Waals surface area contributed by atoms with Gasteiger partial charge in [-0.25, -0.2) is 14.1 Å². The summed E-state index contributed by atoms with van der Waals surface area (Å²) in [5.74, 6) is 3.72. The van der Waals surface area contributed by atoms with Gasteiger partial charge in [0.2, 0.25) is 5.60 Å². The van der Waals surface area contributed by atoms with Crippen molar-refractivity contribution in [1.29, 1.82) is 0 Å². The maximum atomic E-state index is 13.6. The van der Waals surface area contributed by atoms with Crippen molar-refractivity contribution in [1.82, 2.24) is 19.7 Å². The van der Waals surface area contributed by atoms with Crippen LogP contribution in [0.15, 0.2) is 48.8 Å². The molecule has 0 aliphatic carbocycles. The van der Waals surface area contributed by atoms with Crippen LogP contribution in [0.4, 0.5) is 4.39 Å². The Balaban J connectivity index is 1.78. The van der Waals surface area contributed by atoms with Crippen LogP contribution in [0.25, 0.3) is 16.7 Å². The average molecular weight is 391 g/mol. The summed E-state index contributed by atoms with van der Waals surface area (Å²) in [5, 5.41) is 14.8. The summed E-state index contributed by atoms with van der Waals surface area (Å²) in [4.78, 5) is 29.1. The van der Waals surface area contributed by atoms with Gasteiger partial charge in [-0.05, 0) is 42.3 Å². The number of halogens is 1. The number of aromatic nitrogens is 3. The van der Waals surface area contributed by atoms with Gasteiger partial charge in [0.15, 0.2) is 11.5 Å². The fourth-order valence-electron chi connectivity index (χ4n) is 2.95. The van der Waals surface area contributed by atoms with Crippen LogP contribution in [-0.4, -0.2) is 49.2 Å². The molecule has 8 nitrogen and oxygen atoms in total. The number of carbonyl (C=O) groups excluding carboxylic acids is 2. The first-order chi connectivity index (χ1) is 13.8. The highest BCUT2D eigenvalue weighted by Gasteiger charge is 2.38. The van der Waals surface area contributed by atoms with E-state index < -0.39 is 23.2 Å². The van der Waals surface area contributed by atoms with Crippen molar-refractivity contribution in [3.8, 4) is 17.7 Å². The minimum atomic E-state index is -1.90. The monoisotopic (exact) mass is 391 g/mol. The molecule has 4 rings (SSSR count). The van der Waals surface area contributed by atoms with E-state index in [9.17, 15) is 19.1 Å². The van der Waals surface area contributed by atoms with Gasteiger partial charge in [-0.2, -0.15) is 5.10 Å². The second-order valence-electron chi connectivity index (χ2n) is 6.44. The molecule has 1 aliphatic rings. The number of nitrogens with zero attached hydrogens (tertiary/aromatic N) is 4. The molecule has 0 radical (unpaired) electrons. The van der Waals surface area contributed by atoms with Gasteiger partial charge in [-0.3, -0.25) is 9.59 Å². The fourth-order valence-corrected chi connectivity index (χ4v) is 2.95. The summed E-state index contributed by atoms with van der Waals surface area (Å²) in [6.45, 7) is 0. The van der Waals surface area contributed by atoms with Gasteiger partial charge < -0.3 is 15.7 Å². The Bertz CT molecular complexity index is 1270. The molecule has 9 heteroatoms. The lowest BCUT2D eigenvalue weighted by atomic mass is 10.1. The van der Waals surface area contributed by atoms with E-state index in [1.807, 2.05) is 0 Å². The van der Waals surface area contributed by atoms with Crippen LogP contribution in [0.1, 0.15) is 16.1 Å². The lowest BCUT2D eigenvalue weighted by Crippen LogP contribution is -2.37. The van der Waals surface area contributed by atoms with Gasteiger partial charge >= 0.3 is 0 Å². The zero-order valence-corrected chi connectivity index (χ0v) is 15.1. The van der Waals surface area contributed by atoms with Crippen molar-refractivity contribution in [3.63, 3.8) is 0 Å². The van der Waals surface area contributed by atoms with E-state index in [1.165, 1.54) is 53.3 Å². The summed E-state index contributed by atoms with van der Waals surface area (Å²) in [6.07, 6.45) is 4.21. The number of carbonyl (C=O) groups is 2. The van der Waals surface area contributed by atoms with E-state index in [1.54, 1.807) is 12.1 Å². The van der Waals surface area contributed by atoms with Crippen LogP contribution in [0.5, 0.6) is 0 Å². The van der Waals surface area contributed by atoms with Gasteiger partial charge in [-0.1, -0.05) is 5.92 Å². The van der Waals surface area contributed by atoms with Crippen molar-refractivity contribution in [2.75, 3.05) is 7.05 Å². The number of primary amides is 1. The number of fused-ring (bicyclic) bond motifs is 1. The molecule has 1 aromatic carbocycles. The minimum absolute atomic E-state index is 0.0863. The number of amides is 2. The maximum absolute atomic E-state index is 13.6. The molecule has 0 saturated carbocycles. The zero-order valence-electron chi connectivity index (χ0n) is 15.1. The number of pyridine rings is 1. The molecular weight excluding hydrogens is 377 g/mol. The van der Waals surface area contributed by atoms with Crippen LogP contribution in [-0.2, 0) is 4.79 Å². The third kappa shape index (κ3) is 3.11. The first kappa shape index (κ1) is 18.3. The van der Waals surface area contributed by atoms with E-state index in [0.29, 0.717) is 16.9 Å². The molecule has 0 spiro atoms. The Morgan fingerprint density at radius 3 is 2.79 bits per heavy atom. The summed E-state index contributed by atoms with van der Waals surface area (Å²) < 4.78 is 15.0. The molecule has 0 fully saturated rings. The van der Waals surface area contributed by atoms with Crippen LogP contribution >= 0.6 is 0 Å². The van der Waals surface area contributed by atoms with Gasteiger partial charge in [0.25, 0.3) is 11.8 Å². The van der Waals surface area contributed by atoms with Gasteiger partial charge in [0.1, 0.15) is 5.82 Å². The fraction of sp³-hybridized carbons (Fsp3) is 0.100. The van der Waals surface area contributed by atoms with Gasteiger partial charge in [0, 0.05) is 30.4 Å². The predicted molar refractivity (Wildman–Crippen MR) is 101 cm³/mol. The number of nitrogens with two attached hydrogens (primary N) is 1. The number of likely N-dealkylation sites (N-methyl/N-ethyl adjacent to an activating group) is 1. The highest BCUT2D eigenvalue weighted by Crippen LogP contribution is 2.23. The summed E-state index contributed by atoms with van der Waals surface area (Å²) in [5.41, 5.74) is 4.26. The van der Waals surface area contributed by atoms with Gasteiger partial charge in [-0.15, -0.1) is 0 Å². The summed E-state index contributed by atoms with van der Waals surface area (Å²) in [6, 6.07) is 7.02. The van der Waals surface area contributed by atoms with Crippen molar-refractivity contribution in [2.24, 2.45) is 5.73 Å². The first-order valence-corrected chi connectivity index (χ1v) is 8.45. The van der Waals surface area contributed by atoms with Crippen LogP contribution in [0, 0.1) is 17.7 Å². The highest BCUT2D eigenvalue weighted by molar-refractivity contribution is 6.04. The molecule has 3 heterocycles. The Hall–Kier alpha value is -4.03. The van der Waals surface area contributed by atoms with E-state index in [4.69, 9.17) is 5.73 Å². The normalized spacial score (nSPS) is 18.2. The third-order valence-corrected chi connectivity index (χ3v) is 4.42. The van der Waals surface area contributed by atoms with E-state index in [2.05, 4.69) is 21.9 Å². The highest BCUT2D eigenvalue weighted by atomic mass is 19.1. The largest absolute Gasteiger partial charge is 0.366 e. The number of hydrogen-bond acceptors (Lipinski definition) is 5. The number of hydrogen-bond donors (Lipinski definition) is 2.